The molecule has 1 heterocycles. The van der Waals surface area contributed by atoms with Gasteiger partial charge >= 0.3 is 0 Å². The molecule has 0 aromatic carbocycles. The molecule has 1 aliphatic heterocycles. The highest BCUT2D eigenvalue weighted by atomic mass is 16.2. The molecule has 3 nitrogen and oxygen atoms in total. The molecule has 2 atom stereocenters. The van der Waals surface area contributed by atoms with Crippen LogP contribution in [0.25, 0.3) is 0 Å². The van der Waals surface area contributed by atoms with Crippen LogP contribution in [0.15, 0.2) is 0 Å². The van der Waals surface area contributed by atoms with Crippen molar-refractivity contribution in [2.24, 2.45) is 11.1 Å². The molecule has 0 aliphatic carbocycles. The van der Waals surface area contributed by atoms with E-state index in [9.17, 15) is 4.79 Å². The van der Waals surface area contributed by atoms with Crippen LogP contribution in [0.4, 0.5) is 0 Å². The van der Waals surface area contributed by atoms with Crippen LogP contribution in [0.2, 0.25) is 0 Å². The smallest absolute Gasteiger partial charge is 0.228 e. The van der Waals surface area contributed by atoms with Gasteiger partial charge in [0.25, 0.3) is 0 Å². The van der Waals surface area contributed by atoms with Crippen molar-refractivity contribution in [3.63, 3.8) is 0 Å². The average molecular weight is 226 g/mol. The zero-order chi connectivity index (χ0) is 12.3. The van der Waals surface area contributed by atoms with E-state index < -0.39 is 0 Å². The number of amides is 1. The molecule has 3 heteroatoms. The second-order valence-electron chi connectivity index (χ2n) is 5.62. The Morgan fingerprint density at radius 3 is 2.56 bits per heavy atom. The molecular formula is C13H26N2O. The van der Waals surface area contributed by atoms with Gasteiger partial charge in [0.05, 0.1) is 0 Å². The van der Waals surface area contributed by atoms with Crippen LogP contribution in [-0.2, 0) is 4.79 Å². The lowest BCUT2D eigenvalue weighted by molar-refractivity contribution is -0.147. The van der Waals surface area contributed by atoms with E-state index in [1.807, 2.05) is 18.7 Å². The Morgan fingerprint density at radius 2 is 2.06 bits per heavy atom. The molecule has 0 saturated carbocycles. The summed E-state index contributed by atoms with van der Waals surface area (Å²) in [6.07, 6.45) is 4.25. The second-order valence-corrected chi connectivity index (χ2v) is 5.62. The molecule has 94 valence electrons. The van der Waals surface area contributed by atoms with Gasteiger partial charge in [0.1, 0.15) is 0 Å². The molecule has 16 heavy (non-hydrogen) atoms. The SMILES string of the molecule is CCC(C)(C)C(=O)N1C(C)CCCC1CN. The minimum atomic E-state index is -0.251. The van der Waals surface area contributed by atoms with Gasteiger partial charge in [-0.1, -0.05) is 20.8 Å². The van der Waals surface area contributed by atoms with Crippen LogP contribution >= 0.6 is 0 Å². The van der Waals surface area contributed by atoms with Gasteiger partial charge in [-0.25, -0.2) is 0 Å². The lowest BCUT2D eigenvalue weighted by atomic mass is 9.85. The lowest BCUT2D eigenvalue weighted by Gasteiger charge is -2.44. The molecule has 0 radical (unpaired) electrons. The minimum Gasteiger partial charge on any atom is -0.335 e. The lowest BCUT2D eigenvalue weighted by Crippen LogP contribution is -2.55. The Labute approximate surface area is 99.4 Å². The summed E-state index contributed by atoms with van der Waals surface area (Å²) < 4.78 is 0. The van der Waals surface area contributed by atoms with Crippen LogP contribution in [0.3, 0.4) is 0 Å². The minimum absolute atomic E-state index is 0.251. The fourth-order valence-corrected chi connectivity index (χ4v) is 2.39. The first kappa shape index (κ1) is 13.5. The average Bonchev–Trinajstić information content (AvgIpc) is 2.27. The summed E-state index contributed by atoms with van der Waals surface area (Å²) in [6.45, 7) is 8.87. The molecule has 0 bridgehead atoms. The Balaban J connectivity index is 2.85. The maximum atomic E-state index is 12.5. The quantitative estimate of drug-likeness (QED) is 0.801. The molecule has 0 aromatic heterocycles. The third-order valence-corrected chi connectivity index (χ3v) is 4.00. The molecule has 1 amide bonds. The van der Waals surface area contributed by atoms with Gasteiger partial charge in [-0.3, -0.25) is 4.79 Å². The number of carbonyl (C=O) groups excluding carboxylic acids is 1. The summed E-state index contributed by atoms with van der Waals surface area (Å²) in [5.74, 6) is 0.276. The Morgan fingerprint density at radius 1 is 1.44 bits per heavy atom. The number of rotatable bonds is 3. The van der Waals surface area contributed by atoms with Crippen LogP contribution in [0, 0.1) is 5.41 Å². The Bertz CT molecular complexity index is 250. The summed E-state index contributed by atoms with van der Waals surface area (Å²) in [5.41, 5.74) is 5.53. The first-order chi connectivity index (χ1) is 7.44. The number of piperidine rings is 1. The predicted octanol–water partition coefficient (Wildman–Crippen LogP) is 2.15. The van der Waals surface area contributed by atoms with Crippen molar-refractivity contribution < 1.29 is 4.79 Å². The van der Waals surface area contributed by atoms with Gasteiger partial charge in [0.15, 0.2) is 0 Å². The number of nitrogens with two attached hydrogens (primary N) is 1. The fourth-order valence-electron chi connectivity index (χ4n) is 2.39. The van der Waals surface area contributed by atoms with Crippen molar-refractivity contribution >= 4 is 5.91 Å². The van der Waals surface area contributed by atoms with Gasteiger partial charge in [0.2, 0.25) is 5.91 Å². The van der Waals surface area contributed by atoms with Gasteiger partial charge in [-0.05, 0) is 32.6 Å². The van der Waals surface area contributed by atoms with Crippen LogP contribution in [0.1, 0.15) is 53.4 Å². The van der Waals surface area contributed by atoms with Crippen molar-refractivity contribution in [2.75, 3.05) is 6.54 Å². The highest BCUT2D eigenvalue weighted by molar-refractivity contribution is 5.82. The molecule has 1 saturated heterocycles. The summed E-state index contributed by atoms with van der Waals surface area (Å²) >= 11 is 0. The summed E-state index contributed by atoms with van der Waals surface area (Å²) in [7, 11) is 0. The Hall–Kier alpha value is -0.570. The molecule has 1 rings (SSSR count). The third-order valence-electron chi connectivity index (χ3n) is 4.00. The van der Waals surface area contributed by atoms with E-state index in [4.69, 9.17) is 5.73 Å². The van der Waals surface area contributed by atoms with Crippen molar-refractivity contribution in [1.82, 2.24) is 4.90 Å². The van der Waals surface area contributed by atoms with Gasteiger partial charge in [0, 0.05) is 24.0 Å². The van der Waals surface area contributed by atoms with E-state index >= 15 is 0 Å². The van der Waals surface area contributed by atoms with Crippen LogP contribution in [-0.4, -0.2) is 29.4 Å². The maximum absolute atomic E-state index is 12.5. The number of carbonyl (C=O) groups is 1. The fraction of sp³-hybridized carbons (Fsp3) is 0.923. The molecule has 0 aromatic rings. The molecule has 0 spiro atoms. The van der Waals surface area contributed by atoms with E-state index in [0.29, 0.717) is 12.6 Å². The van der Waals surface area contributed by atoms with Gasteiger partial charge < -0.3 is 10.6 Å². The first-order valence-electron chi connectivity index (χ1n) is 6.47. The van der Waals surface area contributed by atoms with E-state index in [0.717, 1.165) is 19.3 Å². The topological polar surface area (TPSA) is 46.3 Å². The van der Waals surface area contributed by atoms with E-state index in [2.05, 4.69) is 13.8 Å². The zero-order valence-electron chi connectivity index (χ0n) is 11.1. The van der Waals surface area contributed by atoms with Crippen LogP contribution < -0.4 is 5.73 Å². The number of hydrogen-bond acceptors (Lipinski definition) is 2. The van der Waals surface area contributed by atoms with Crippen molar-refractivity contribution in [3.05, 3.63) is 0 Å². The van der Waals surface area contributed by atoms with Crippen molar-refractivity contribution in [3.8, 4) is 0 Å². The standard InChI is InChI=1S/C13H26N2O/c1-5-13(3,4)12(16)15-10(2)7-6-8-11(15)9-14/h10-11H,5-9,14H2,1-4H3. The maximum Gasteiger partial charge on any atom is 0.228 e. The molecule has 1 aliphatic rings. The zero-order valence-corrected chi connectivity index (χ0v) is 11.1. The molecule has 2 unspecified atom stereocenters. The summed E-state index contributed by atoms with van der Waals surface area (Å²) in [6, 6.07) is 0.600. The van der Waals surface area contributed by atoms with E-state index in [-0.39, 0.29) is 17.4 Å². The van der Waals surface area contributed by atoms with Crippen molar-refractivity contribution in [2.45, 2.75) is 65.5 Å². The first-order valence-corrected chi connectivity index (χ1v) is 6.47. The Kier molecular flexibility index (Phi) is 4.36. The third kappa shape index (κ3) is 2.57. The largest absolute Gasteiger partial charge is 0.335 e. The monoisotopic (exact) mass is 226 g/mol. The van der Waals surface area contributed by atoms with Gasteiger partial charge in [-0.15, -0.1) is 0 Å². The molecular weight excluding hydrogens is 200 g/mol. The second kappa shape index (κ2) is 5.17. The van der Waals surface area contributed by atoms with E-state index in [1.165, 1.54) is 6.42 Å². The molecule has 1 fully saturated rings. The number of likely N-dealkylation sites (tertiary alicyclic amines) is 1. The van der Waals surface area contributed by atoms with E-state index in [1.54, 1.807) is 0 Å². The normalized spacial score (nSPS) is 26.9. The highest BCUT2D eigenvalue weighted by Crippen LogP contribution is 2.30. The summed E-state index contributed by atoms with van der Waals surface area (Å²) in [5, 5.41) is 0. The van der Waals surface area contributed by atoms with Crippen molar-refractivity contribution in [1.29, 1.82) is 0 Å². The highest BCUT2D eigenvalue weighted by Gasteiger charge is 2.37. The molecule has 2 N–H and O–H groups in total. The number of nitrogens with zero attached hydrogens (tertiary/aromatic N) is 1. The number of hydrogen-bond donors (Lipinski definition) is 1. The summed E-state index contributed by atoms with van der Waals surface area (Å²) in [4.78, 5) is 14.5. The van der Waals surface area contributed by atoms with Crippen LogP contribution in [0.5, 0.6) is 0 Å². The van der Waals surface area contributed by atoms with Gasteiger partial charge in [-0.2, -0.15) is 0 Å². The predicted molar refractivity (Wildman–Crippen MR) is 67.1 cm³/mol.